The number of aromatic nitrogens is 1. The molecule has 47 heavy (non-hydrogen) atoms. The van der Waals surface area contributed by atoms with Gasteiger partial charge < -0.3 is 28.3 Å². The fraction of sp³-hybridized carbons (Fsp3) is 0.289. The number of esters is 1. The molecular weight excluding hydrogens is 596 g/mol. The zero-order chi connectivity index (χ0) is 32.8. The Morgan fingerprint density at radius 3 is 2.51 bits per heavy atom. The third-order valence-electron chi connectivity index (χ3n) is 8.70. The van der Waals surface area contributed by atoms with Gasteiger partial charge in [-0.25, -0.2) is 4.98 Å². The number of benzene rings is 4. The normalized spacial score (nSPS) is 14.4. The van der Waals surface area contributed by atoms with Crippen molar-refractivity contribution in [3.8, 4) is 11.5 Å². The lowest BCUT2D eigenvalue weighted by Gasteiger charge is -2.36. The third-order valence-corrected chi connectivity index (χ3v) is 8.70. The van der Waals surface area contributed by atoms with E-state index in [4.69, 9.17) is 23.4 Å². The molecule has 1 aromatic heterocycles. The lowest BCUT2D eigenvalue weighted by Crippen LogP contribution is -2.43. The second kappa shape index (κ2) is 14.5. The van der Waals surface area contributed by atoms with Gasteiger partial charge in [-0.05, 0) is 71.7 Å². The van der Waals surface area contributed by atoms with Crippen LogP contribution in [0.5, 0.6) is 11.5 Å². The summed E-state index contributed by atoms with van der Waals surface area (Å²) in [5.41, 5.74) is 3.51. The number of carbonyl (C=O) groups is 2. The highest BCUT2D eigenvalue weighted by molar-refractivity contribution is 5.83. The molecular formula is C38H38N2O7. The summed E-state index contributed by atoms with van der Waals surface area (Å²) < 4.78 is 27.7. The molecule has 0 saturated heterocycles. The van der Waals surface area contributed by atoms with E-state index in [1.807, 2.05) is 71.6 Å². The van der Waals surface area contributed by atoms with Gasteiger partial charge in [0.1, 0.15) is 5.52 Å². The van der Waals surface area contributed by atoms with Crippen LogP contribution in [0.1, 0.15) is 49.1 Å². The fourth-order valence-corrected chi connectivity index (χ4v) is 6.06. The van der Waals surface area contributed by atoms with Crippen LogP contribution in [-0.4, -0.2) is 54.9 Å². The first-order chi connectivity index (χ1) is 22.9. The molecule has 1 amide bonds. The van der Waals surface area contributed by atoms with Crippen molar-refractivity contribution in [2.45, 2.75) is 50.8 Å². The second-order valence-corrected chi connectivity index (χ2v) is 11.7. The summed E-state index contributed by atoms with van der Waals surface area (Å²) in [6.45, 7) is 2.60. The Morgan fingerprint density at radius 2 is 1.70 bits per heavy atom. The summed E-state index contributed by atoms with van der Waals surface area (Å²) in [6.07, 6.45) is 3.87. The van der Waals surface area contributed by atoms with Gasteiger partial charge >= 0.3 is 5.97 Å². The van der Waals surface area contributed by atoms with Crippen molar-refractivity contribution in [1.82, 2.24) is 9.88 Å². The minimum absolute atomic E-state index is 0.0181. The summed E-state index contributed by atoms with van der Waals surface area (Å²) in [6, 6.07) is 27.7. The van der Waals surface area contributed by atoms with Gasteiger partial charge in [0, 0.05) is 25.6 Å². The van der Waals surface area contributed by atoms with Crippen LogP contribution in [0.25, 0.3) is 27.9 Å². The van der Waals surface area contributed by atoms with Crippen LogP contribution in [0, 0.1) is 0 Å². The van der Waals surface area contributed by atoms with Gasteiger partial charge in [-0.1, -0.05) is 60.7 Å². The summed E-state index contributed by atoms with van der Waals surface area (Å²) in [4.78, 5) is 32.8. The van der Waals surface area contributed by atoms with Crippen molar-refractivity contribution in [3.05, 3.63) is 108 Å². The SMILES string of the molecule is COC(=O)C[C@H](CC(=O)N(Cc1ccc2ccccc2c1)C(C)C(CC=Cc1nc2ccccc2o1)c1ccc2c(c1)OCO2)OC. The topological polar surface area (TPSA) is 100 Å². The van der Waals surface area contributed by atoms with E-state index in [-0.39, 0.29) is 37.5 Å². The van der Waals surface area contributed by atoms with E-state index in [9.17, 15) is 9.59 Å². The smallest absolute Gasteiger partial charge is 0.308 e. The van der Waals surface area contributed by atoms with Crippen molar-refractivity contribution >= 4 is 39.8 Å². The van der Waals surface area contributed by atoms with E-state index < -0.39 is 12.1 Å². The largest absolute Gasteiger partial charge is 0.469 e. The van der Waals surface area contributed by atoms with Crippen molar-refractivity contribution in [2.75, 3.05) is 21.0 Å². The predicted octanol–water partition coefficient (Wildman–Crippen LogP) is 7.28. The van der Waals surface area contributed by atoms with Gasteiger partial charge in [-0.15, -0.1) is 0 Å². The van der Waals surface area contributed by atoms with Crippen molar-refractivity contribution in [2.24, 2.45) is 0 Å². The van der Waals surface area contributed by atoms with Crippen LogP contribution in [0.15, 0.2) is 95.4 Å². The highest BCUT2D eigenvalue weighted by atomic mass is 16.7. The number of oxazole rings is 1. The third kappa shape index (κ3) is 7.47. The number of ether oxygens (including phenoxy) is 4. The van der Waals surface area contributed by atoms with Gasteiger partial charge in [0.05, 0.1) is 26.1 Å². The highest BCUT2D eigenvalue weighted by Gasteiger charge is 2.31. The molecule has 0 fully saturated rings. The maximum Gasteiger partial charge on any atom is 0.308 e. The zero-order valence-electron chi connectivity index (χ0n) is 26.8. The number of para-hydroxylation sites is 2. The van der Waals surface area contributed by atoms with E-state index in [0.29, 0.717) is 30.4 Å². The number of hydrogen-bond acceptors (Lipinski definition) is 8. The minimum atomic E-state index is -0.621. The van der Waals surface area contributed by atoms with Crippen LogP contribution >= 0.6 is 0 Å². The zero-order valence-corrected chi connectivity index (χ0v) is 26.8. The van der Waals surface area contributed by atoms with Crippen molar-refractivity contribution in [3.63, 3.8) is 0 Å². The number of allylic oxidation sites excluding steroid dienone is 1. The first-order valence-electron chi connectivity index (χ1n) is 15.7. The van der Waals surface area contributed by atoms with Gasteiger partial charge in [0.2, 0.25) is 18.6 Å². The second-order valence-electron chi connectivity index (χ2n) is 11.7. The average Bonchev–Trinajstić information content (AvgIpc) is 3.74. The molecule has 3 atom stereocenters. The lowest BCUT2D eigenvalue weighted by atomic mass is 9.87. The van der Waals surface area contributed by atoms with E-state index in [0.717, 1.165) is 33.0 Å². The Kier molecular flexibility index (Phi) is 9.83. The quantitative estimate of drug-likeness (QED) is 0.125. The number of hydrogen-bond donors (Lipinski definition) is 0. The standard InChI is InChI=1S/C38H38N2O7/c1-25(40(37(41)21-30(43-2)22-38(42)44-3)23-26-15-16-27-9-4-5-10-28(27)19-26)31(29-17-18-34-35(20-29)46-24-45-34)11-8-14-36-39-32-12-6-7-13-33(32)47-36/h4-10,12-20,25,30-31H,11,21-24H2,1-3H3/t25?,30-,31?/m0/s1. The highest BCUT2D eigenvalue weighted by Crippen LogP contribution is 2.38. The molecule has 9 nitrogen and oxygen atoms in total. The predicted molar refractivity (Wildman–Crippen MR) is 179 cm³/mol. The summed E-state index contributed by atoms with van der Waals surface area (Å²) >= 11 is 0. The molecule has 0 saturated carbocycles. The number of carbonyl (C=O) groups excluding carboxylic acids is 2. The molecule has 0 bridgehead atoms. The summed E-state index contributed by atoms with van der Waals surface area (Å²) in [7, 11) is 2.83. The maximum absolute atomic E-state index is 14.2. The summed E-state index contributed by atoms with van der Waals surface area (Å²) in [5.74, 6) is 1.18. The lowest BCUT2D eigenvalue weighted by molar-refractivity contribution is -0.145. The summed E-state index contributed by atoms with van der Waals surface area (Å²) in [5, 5.41) is 2.22. The molecule has 4 aromatic carbocycles. The molecule has 5 aromatic rings. The number of fused-ring (bicyclic) bond motifs is 3. The Morgan fingerprint density at radius 1 is 0.915 bits per heavy atom. The number of nitrogens with zero attached hydrogens (tertiary/aromatic N) is 2. The minimum Gasteiger partial charge on any atom is -0.469 e. The van der Waals surface area contributed by atoms with Gasteiger partial charge in [-0.3, -0.25) is 9.59 Å². The molecule has 6 rings (SSSR count). The van der Waals surface area contributed by atoms with Gasteiger partial charge in [0.15, 0.2) is 17.1 Å². The van der Waals surface area contributed by atoms with Gasteiger partial charge in [0.25, 0.3) is 0 Å². The molecule has 2 heterocycles. The van der Waals surface area contributed by atoms with E-state index in [1.165, 1.54) is 14.2 Å². The number of rotatable bonds is 13. The average molecular weight is 635 g/mol. The molecule has 0 aliphatic carbocycles. The van der Waals surface area contributed by atoms with Crippen molar-refractivity contribution in [1.29, 1.82) is 0 Å². The Hall–Kier alpha value is -5.15. The molecule has 0 N–H and O–H groups in total. The number of amides is 1. The maximum atomic E-state index is 14.2. The first kappa shape index (κ1) is 31.8. The Bertz CT molecular complexity index is 1860. The molecule has 1 aliphatic heterocycles. The molecule has 242 valence electrons. The molecule has 9 heteroatoms. The first-order valence-corrected chi connectivity index (χ1v) is 15.7. The van der Waals surface area contributed by atoms with Gasteiger partial charge in [-0.2, -0.15) is 0 Å². The molecule has 1 aliphatic rings. The molecule has 0 spiro atoms. The van der Waals surface area contributed by atoms with E-state index >= 15 is 0 Å². The van der Waals surface area contributed by atoms with Crippen molar-refractivity contribution < 1.29 is 33.0 Å². The van der Waals surface area contributed by atoms with Crippen LogP contribution in [0.2, 0.25) is 0 Å². The fourth-order valence-electron chi connectivity index (χ4n) is 6.06. The number of methoxy groups -OCH3 is 2. The Balaban J connectivity index is 1.33. The molecule has 2 unspecified atom stereocenters. The van der Waals surface area contributed by atoms with E-state index in [1.54, 1.807) is 0 Å². The van der Waals surface area contributed by atoms with Crippen LogP contribution < -0.4 is 9.47 Å². The van der Waals surface area contributed by atoms with Crippen LogP contribution in [0.4, 0.5) is 0 Å². The Labute approximate surface area is 273 Å². The van der Waals surface area contributed by atoms with E-state index in [2.05, 4.69) is 42.2 Å². The monoisotopic (exact) mass is 634 g/mol. The van der Waals surface area contributed by atoms with Crippen LogP contribution in [0.3, 0.4) is 0 Å². The molecule has 0 radical (unpaired) electrons. The van der Waals surface area contributed by atoms with Crippen LogP contribution in [-0.2, 0) is 25.6 Å².